The quantitative estimate of drug-likeness (QED) is 0.449. The average Bonchev–Trinajstić information content (AvgIpc) is 2.94. The molecule has 0 bridgehead atoms. The smallest absolute Gasteiger partial charge is 0.253 e. The highest BCUT2D eigenvalue weighted by molar-refractivity contribution is 5.95. The Kier molecular flexibility index (Phi) is 8.69. The molecule has 1 aromatic heterocycles. The van der Waals surface area contributed by atoms with E-state index in [0.717, 1.165) is 56.9 Å². The lowest BCUT2D eigenvalue weighted by molar-refractivity contribution is -0.141. The van der Waals surface area contributed by atoms with Crippen molar-refractivity contribution in [3.63, 3.8) is 0 Å². The largest absolute Gasteiger partial charge is 0.494 e. The van der Waals surface area contributed by atoms with E-state index in [1.807, 2.05) is 30.9 Å². The van der Waals surface area contributed by atoms with Crippen LogP contribution < -0.4 is 19.3 Å². The summed E-state index contributed by atoms with van der Waals surface area (Å²) in [7, 11) is 0. The molecule has 206 valence electrons. The van der Waals surface area contributed by atoms with Crippen LogP contribution in [0.1, 0.15) is 52.4 Å². The molecular formula is C30H42N4O4. The molecule has 2 aromatic rings. The lowest BCUT2D eigenvalue weighted by atomic mass is 9.88. The van der Waals surface area contributed by atoms with Gasteiger partial charge in [-0.1, -0.05) is 6.42 Å². The van der Waals surface area contributed by atoms with Crippen molar-refractivity contribution in [2.45, 2.75) is 64.1 Å². The van der Waals surface area contributed by atoms with Gasteiger partial charge in [-0.2, -0.15) is 0 Å². The summed E-state index contributed by atoms with van der Waals surface area (Å²) >= 11 is 0. The molecule has 0 atom stereocenters. The summed E-state index contributed by atoms with van der Waals surface area (Å²) in [6.07, 6.45) is 8.64. The number of hydrogen-bond donors (Lipinski definition) is 0. The number of pyridine rings is 1. The van der Waals surface area contributed by atoms with Crippen LogP contribution in [0.4, 0.5) is 11.4 Å². The van der Waals surface area contributed by atoms with Gasteiger partial charge in [0.2, 0.25) is 5.88 Å². The number of rotatable bonds is 9. The molecule has 8 heteroatoms. The first kappa shape index (κ1) is 26.8. The van der Waals surface area contributed by atoms with Gasteiger partial charge in [0.05, 0.1) is 36.7 Å². The Bertz CT molecular complexity index is 1030. The molecule has 0 unspecified atom stereocenters. The van der Waals surface area contributed by atoms with Crippen LogP contribution in [0, 0.1) is 0 Å². The molecule has 38 heavy (non-hydrogen) atoms. The second-order valence-electron chi connectivity index (χ2n) is 11.1. The van der Waals surface area contributed by atoms with Crippen molar-refractivity contribution in [2.24, 2.45) is 0 Å². The number of aromatic nitrogens is 1. The third-order valence-corrected chi connectivity index (χ3v) is 7.85. The van der Waals surface area contributed by atoms with Gasteiger partial charge in [0, 0.05) is 31.4 Å². The molecule has 3 saturated heterocycles. The Morgan fingerprint density at radius 1 is 0.974 bits per heavy atom. The molecule has 0 aliphatic carbocycles. The van der Waals surface area contributed by atoms with E-state index in [2.05, 4.69) is 39.0 Å². The zero-order valence-corrected chi connectivity index (χ0v) is 22.9. The number of anilines is 2. The molecule has 0 saturated carbocycles. The Morgan fingerprint density at radius 3 is 2.39 bits per heavy atom. The zero-order valence-electron chi connectivity index (χ0n) is 22.9. The minimum absolute atomic E-state index is 0.0242. The van der Waals surface area contributed by atoms with Crippen LogP contribution in [0.5, 0.6) is 11.6 Å². The molecule has 3 aliphatic heterocycles. The summed E-state index contributed by atoms with van der Waals surface area (Å²) in [5, 5.41) is 0. The highest BCUT2D eigenvalue weighted by atomic mass is 16.5. The van der Waals surface area contributed by atoms with Crippen molar-refractivity contribution in [1.82, 2.24) is 9.88 Å². The van der Waals surface area contributed by atoms with E-state index >= 15 is 0 Å². The number of amides is 1. The van der Waals surface area contributed by atoms with Crippen molar-refractivity contribution >= 4 is 17.3 Å². The number of nitrogens with zero attached hydrogens (tertiary/aromatic N) is 4. The van der Waals surface area contributed by atoms with Crippen LogP contribution in [0.2, 0.25) is 0 Å². The fourth-order valence-electron chi connectivity index (χ4n) is 5.68. The predicted molar refractivity (Wildman–Crippen MR) is 149 cm³/mol. The standard InChI is InChI=1S/C30H42N4O4/c1-24(2)38-28-12-9-26(21-31-28)34-23-30(37-22-29(34)35)13-18-33(19-14-30)25-7-10-27(11-8-25)36-20-6-17-32-15-4-3-5-16-32/h7-12,21,24H,3-6,13-20,22-23H2,1-2H3. The molecule has 3 fully saturated rings. The number of benzene rings is 1. The van der Waals surface area contributed by atoms with E-state index < -0.39 is 0 Å². The summed E-state index contributed by atoms with van der Waals surface area (Å²) < 4.78 is 17.8. The Labute approximate surface area is 226 Å². The summed E-state index contributed by atoms with van der Waals surface area (Å²) in [5.74, 6) is 1.48. The second kappa shape index (κ2) is 12.3. The molecular weight excluding hydrogens is 480 g/mol. The van der Waals surface area contributed by atoms with Crippen molar-refractivity contribution in [2.75, 3.05) is 62.3 Å². The summed E-state index contributed by atoms with van der Waals surface area (Å²) in [5.41, 5.74) is 1.67. The van der Waals surface area contributed by atoms with E-state index in [1.54, 1.807) is 6.20 Å². The SMILES string of the molecule is CC(C)Oc1ccc(N2CC3(CCN(c4ccc(OCCCN5CCCCC5)cc4)CC3)OCC2=O)cn1. The minimum Gasteiger partial charge on any atom is -0.494 e. The van der Waals surface area contributed by atoms with Crippen molar-refractivity contribution in [3.05, 3.63) is 42.6 Å². The Hall–Kier alpha value is -2.84. The third-order valence-electron chi connectivity index (χ3n) is 7.85. The van der Waals surface area contributed by atoms with Crippen LogP contribution in [0.15, 0.2) is 42.6 Å². The van der Waals surface area contributed by atoms with Crippen LogP contribution in [0.3, 0.4) is 0 Å². The maximum atomic E-state index is 12.7. The molecule has 0 radical (unpaired) electrons. The number of likely N-dealkylation sites (tertiary alicyclic amines) is 1. The van der Waals surface area contributed by atoms with Gasteiger partial charge < -0.3 is 28.9 Å². The van der Waals surface area contributed by atoms with E-state index in [1.165, 1.54) is 38.0 Å². The number of hydrogen-bond acceptors (Lipinski definition) is 7. The highest BCUT2D eigenvalue weighted by Gasteiger charge is 2.42. The Balaban J connectivity index is 1.10. The molecule has 1 amide bonds. The van der Waals surface area contributed by atoms with Gasteiger partial charge in [0.25, 0.3) is 5.91 Å². The fourth-order valence-corrected chi connectivity index (χ4v) is 5.68. The van der Waals surface area contributed by atoms with E-state index in [9.17, 15) is 4.79 Å². The lowest BCUT2D eigenvalue weighted by Gasteiger charge is -2.47. The topological polar surface area (TPSA) is 67.4 Å². The maximum Gasteiger partial charge on any atom is 0.253 e. The lowest BCUT2D eigenvalue weighted by Crippen LogP contribution is -2.59. The molecule has 0 N–H and O–H groups in total. The Morgan fingerprint density at radius 2 is 1.71 bits per heavy atom. The van der Waals surface area contributed by atoms with Crippen molar-refractivity contribution in [1.29, 1.82) is 0 Å². The first-order valence-corrected chi connectivity index (χ1v) is 14.3. The third kappa shape index (κ3) is 6.77. The summed E-state index contributed by atoms with van der Waals surface area (Å²) in [6, 6.07) is 12.2. The van der Waals surface area contributed by atoms with Crippen molar-refractivity contribution in [3.8, 4) is 11.6 Å². The maximum absolute atomic E-state index is 12.7. The molecule has 4 heterocycles. The van der Waals surface area contributed by atoms with Gasteiger partial charge in [-0.05, 0) is 89.4 Å². The number of morpholine rings is 1. The van der Waals surface area contributed by atoms with Crippen LogP contribution >= 0.6 is 0 Å². The highest BCUT2D eigenvalue weighted by Crippen LogP contribution is 2.35. The monoisotopic (exact) mass is 522 g/mol. The van der Waals surface area contributed by atoms with E-state index in [0.29, 0.717) is 12.4 Å². The number of carbonyl (C=O) groups is 1. The van der Waals surface area contributed by atoms with Gasteiger partial charge in [0.1, 0.15) is 12.4 Å². The normalized spacial score (nSPS) is 20.2. The van der Waals surface area contributed by atoms with Gasteiger partial charge in [-0.3, -0.25) is 4.79 Å². The average molecular weight is 523 g/mol. The molecule has 1 spiro atoms. The van der Waals surface area contributed by atoms with Crippen LogP contribution in [-0.4, -0.2) is 80.0 Å². The zero-order chi connectivity index (χ0) is 26.4. The molecule has 3 aliphatic rings. The van der Waals surface area contributed by atoms with Gasteiger partial charge in [0.15, 0.2) is 0 Å². The number of ether oxygens (including phenoxy) is 3. The number of piperidine rings is 2. The first-order chi connectivity index (χ1) is 18.5. The van der Waals surface area contributed by atoms with E-state index in [-0.39, 0.29) is 24.2 Å². The van der Waals surface area contributed by atoms with Crippen LogP contribution in [-0.2, 0) is 9.53 Å². The summed E-state index contributed by atoms with van der Waals surface area (Å²) in [6.45, 7) is 10.7. The van der Waals surface area contributed by atoms with Gasteiger partial charge in [-0.15, -0.1) is 0 Å². The first-order valence-electron chi connectivity index (χ1n) is 14.3. The second-order valence-corrected chi connectivity index (χ2v) is 11.1. The van der Waals surface area contributed by atoms with E-state index in [4.69, 9.17) is 14.2 Å². The predicted octanol–water partition coefficient (Wildman–Crippen LogP) is 4.53. The summed E-state index contributed by atoms with van der Waals surface area (Å²) in [4.78, 5) is 23.9. The number of carbonyl (C=O) groups excluding carboxylic acids is 1. The molecule has 1 aromatic carbocycles. The molecule has 5 rings (SSSR count). The fraction of sp³-hybridized carbons (Fsp3) is 0.600. The molecule has 8 nitrogen and oxygen atoms in total. The van der Waals surface area contributed by atoms with Crippen LogP contribution in [0.25, 0.3) is 0 Å². The van der Waals surface area contributed by atoms with Gasteiger partial charge >= 0.3 is 0 Å². The minimum atomic E-state index is -0.324. The van der Waals surface area contributed by atoms with Crippen molar-refractivity contribution < 1.29 is 19.0 Å². The van der Waals surface area contributed by atoms with Gasteiger partial charge in [-0.25, -0.2) is 4.98 Å².